The van der Waals surface area contributed by atoms with E-state index in [1.54, 1.807) is 12.1 Å². The zero-order chi connectivity index (χ0) is 22.5. The minimum Gasteiger partial charge on any atom is 0.000783 e. The van der Waals surface area contributed by atoms with E-state index in [0.29, 0.717) is 11.6 Å². The number of carbonyl (C=O) groups is 1. The quantitative estimate of drug-likeness (QED) is 0.487. The van der Waals surface area contributed by atoms with Gasteiger partial charge < -0.3 is 5.11 Å². The van der Waals surface area contributed by atoms with Crippen LogP contribution >= 0.6 is 0 Å². The van der Waals surface area contributed by atoms with Crippen molar-refractivity contribution in [2.24, 2.45) is 3.91 Å². The summed E-state index contributed by atoms with van der Waals surface area (Å²) in [6, 6.07) is 14.2. The molecule has 2 aliphatic heterocycles. The molecule has 6 nitrogen and oxygen atoms in total. The molecule has 0 saturated carbocycles. The Morgan fingerprint density at radius 2 is 1.62 bits per heavy atom. The Morgan fingerprint density at radius 3 is 2.19 bits per heavy atom. The average Bonchev–Trinajstić information content (AvgIpc) is 2.82. The number of anilines is 1. The molecule has 2 atom stereocenters. The van der Waals surface area contributed by atoms with Crippen LogP contribution in [0.2, 0.25) is 0 Å². The Hall–Kier alpha value is -2.21. The van der Waals surface area contributed by atoms with Gasteiger partial charge in [0.15, 0.2) is 0 Å². The third-order valence-corrected chi connectivity index (χ3v) is 6.91. The fourth-order valence-electron chi connectivity index (χ4n) is 4.87. The van der Waals surface area contributed by atoms with Gasteiger partial charge in [-0.1, -0.05) is 12.1 Å². The Balaban J connectivity index is 1.30. The average molecular weight is 500 g/mol. The minimum absolute atomic E-state index is 0.345. The Morgan fingerprint density at radius 1 is 1.00 bits per heavy atom. The molecule has 2 aromatic carbocycles. The number of piperidine rings is 1. The van der Waals surface area contributed by atoms with E-state index in [9.17, 15) is 14.3 Å². The van der Waals surface area contributed by atoms with E-state index >= 15 is 0 Å². The molecule has 0 aromatic heterocycles. The van der Waals surface area contributed by atoms with Crippen LogP contribution in [-0.2, 0) is 4.79 Å². The topological polar surface area (TPSA) is 59.4 Å². The summed E-state index contributed by atoms with van der Waals surface area (Å²) in [6.07, 6.45) is 3.80. The number of carboxylic acids is 1. The molecule has 0 aliphatic carbocycles. The zero-order valence-electron chi connectivity index (χ0n) is 18.1. The molecule has 0 amide bonds. The van der Waals surface area contributed by atoms with Gasteiger partial charge in [-0.15, -0.1) is 0 Å². The van der Waals surface area contributed by atoms with E-state index in [2.05, 4.69) is 38.0 Å². The SMILES string of the molecule is O=C(O)C(c1ccc(F)cc1)N1CCC(N2CCN(c3ccc(C=N[AsH2])cc3)CC2)CC1. The number of hydrogen-bond acceptors (Lipinski definition) is 5. The van der Waals surface area contributed by atoms with Crippen LogP contribution in [0.3, 0.4) is 0 Å². The Labute approximate surface area is 197 Å². The van der Waals surface area contributed by atoms with Gasteiger partial charge in [0.1, 0.15) is 11.9 Å². The first-order chi connectivity index (χ1) is 15.5. The summed E-state index contributed by atoms with van der Waals surface area (Å²) in [4.78, 5) is 18.9. The second kappa shape index (κ2) is 10.6. The van der Waals surface area contributed by atoms with Crippen LogP contribution in [0, 0.1) is 5.82 Å². The van der Waals surface area contributed by atoms with Crippen LogP contribution in [0.1, 0.15) is 30.0 Å². The summed E-state index contributed by atoms with van der Waals surface area (Å²) in [5, 5.41) is 9.79. The smallest absolute Gasteiger partial charge is 0.000783 e. The number of likely N-dealkylation sites (tertiary alicyclic amines) is 1. The van der Waals surface area contributed by atoms with Crippen molar-refractivity contribution in [2.45, 2.75) is 24.9 Å². The molecule has 2 heterocycles. The molecular weight excluding hydrogens is 470 g/mol. The number of piperazine rings is 1. The fraction of sp³-hybridized carbons (Fsp3) is 0.417. The van der Waals surface area contributed by atoms with Crippen molar-refractivity contribution in [1.82, 2.24) is 9.80 Å². The van der Waals surface area contributed by atoms with Gasteiger partial charge in [0.05, 0.1) is 0 Å². The van der Waals surface area contributed by atoms with Crippen molar-refractivity contribution < 1.29 is 14.3 Å². The first-order valence-electron chi connectivity index (χ1n) is 11.1. The molecule has 8 heteroatoms. The molecule has 0 bridgehead atoms. The van der Waals surface area contributed by atoms with Crippen LogP contribution in [-0.4, -0.2) is 89.5 Å². The van der Waals surface area contributed by atoms with Gasteiger partial charge in [-0.3, -0.25) is 9.69 Å². The molecule has 0 spiro atoms. The van der Waals surface area contributed by atoms with Crippen LogP contribution in [0.4, 0.5) is 10.1 Å². The van der Waals surface area contributed by atoms with E-state index < -0.39 is 12.0 Å². The predicted octanol–water partition coefficient (Wildman–Crippen LogP) is 2.21. The normalized spacial score (nSPS) is 20.0. The molecule has 1 N–H and O–H groups in total. The fourth-order valence-corrected chi connectivity index (χ4v) is 5.23. The summed E-state index contributed by atoms with van der Waals surface area (Å²) in [5.74, 6) is -1.22. The molecule has 2 fully saturated rings. The molecule has 0 radical (unpaired) electrons. The summed E-state index contributed by atoms with van der Waals surface area (Å²) in [6.45, 7) is 5.51. The van der Waals surface area contributed by atoms with Crippen LogP contribution in [0.25, 0.3) is 0 Å². The van der Waals surface area contributed by atoms with Gasteiger partial charge in [0, 0.05) is 13.1 Å². The first kappa shape index (κ1) is 23.0. The van der Waals surface area contributed by atoms with Gasteiger partial charge in [-0.25, -0.2) is 4.39 Å². The molecule has 2 unspecified atom stereocenters. The van der Waals surface area contributed by atoms with E-state index in [0.717, 1.165) is 57.7 Å². The second-order valence-corrected chi connectivity index (χ2v) is 9.08. The standard InChI is InChI=1S/C24H30AsFN4O2/c25-27-17-18-1-7-21(8-2-18)28-13-15-29(16-14-28)22-9-11-30(12-10-22)23(24(31)32)19-3-5-20(26)6-4-19/h1-8,17,22-23H,9-16,25H2,(H,31,32). The van der Waals surface area contributed by atoms with Crippen molar-refractivity contribution in [2.75, 3.05) is 44.2 Å². The number of halogens is 1. The van der Waals surface area contributed by atoms with Crippen molar-refractivity contribution in [3.8, 4) is 0 Å². The van der Waals surface area contributed by atoms with Crippen molar-refractivity contribution >= 4 is 34.9 Å². The van der Waals surface area contributed by atoms with E-state index in [4.69, 9.17) is 0 Å². The monoisotopic (exact) mass is 500 g/mol. The van der Waals surface area contributed by atoms with Crippen molar-refractivity contribution in [3.63, 3.8) is 0 Å². The van der Waals surface area contributed by atoms with E-state index in [-0.39, 0.29) is 5.82 Å². The maximum absolute atomic E-state index is 13.3. The third-order valence-electron chi connectivity index (χ3n) is 6.60. The summed E-state index contributed by atoms with van der Waals surface area (Å²) in [7, 11) is 0. The first-order valence-corrected chi connectivity index (χ1v) is 12.2. The molecule has 32 heavy (non-hydrogen) atoms. The summed E-state index contributed by atoms with van der Waals surface area (Å²) >= 11 is 1.35. The summed E-state index contributed by atoms with van der Waals surface area (Å²) in [5.41, 5.74) is 3.02. The zero-order valence-corrected chi connectivity index (χ0v) is 20.5. The van der Waals surface area contributed by atoms with Crippen LogP contribution in [0.5, 0.6) is 0 Å². The molecule has 2 aliphatic rings. The van der Waals surface area contributed by atoms with Gasteiger partial charge in [0.2, 0.25) is 0 Å². The minimum atomic E-state index is -0.874. The van der Waals surface area contributed by atoms with Gasteiger partial charge >= 0.3 is 124 Å². The van der Waals surface area contributed by atoms with E-state index in [1.165, 1.54) is 34.9 Å². The van der Waals surface area contributed by atoms with Gasteiger partial charge in [-0.05, 0) is 17.7 Å². The number of carboxylic acid groups (broad SMARTS) is 1. The van der Waals surface area contributed by atoms with Crippen molar-refractivity contribution in [1.29, 1.82) is 0 Å². The third kappa shape index (κ3) is 5.40. The Kier molecular flexibility index (Phi) is 7.61. The maximum atomic E-state index is 13.3. The predicted molar refractivity (Wildman–Crippen MR) is 128 cm³/mol. The Bertz CT molecular complexity index is 922. The molecule has 2 aromatic rings. The second-order valence-electron chi connectivity index (χ2n) is 8.45. The van der Waals surface area contributed by atoms with Crippen LogP contribution in [0.15, 0.2) is 52.4 Å². The molecule has 170 valence electrons. The number of hydrogen-bond donors (Lipinski definition) is 1. The molecule has 4 rings (SSSR count). The molecule has 2 saturated heterocycles. The van der Waals surface area contributed by atoms with Gasteiger partial charge in [0.25, 0.3) is 0 Å². The summed E-state index contributed by atoms with van der Waals surface area (Å²) < 4.78 is 17.4. The van der Waals surface area contributed by atoms with Gasteiger partial charge in [-0.2, -0.15) is 0 Å². The number of nitrogens with zero attached hydrogens (tertiary/aromatic N) is 4. The van der Waals surface area contributed by atoms with E-state index in [1.807, 2.05) is 11.1 Å². The number of rotatable bonds is 6. The number of aliphatic carboxylic acids is 1. The number of benzene rings is 2. The molecular formula is C24H30AsFN4O2. The van der Waals surface area contributed by atoms with Crippen LogP contribution < -0.4 is 4.90 Å². The van der Waals surface area contributed by atoms with Crippen molar-refractivity contribution in [3.05, 3.63) is 65.5 Å².